The molecule has 1 N–H and O–H groups in total. The molecule has 0 fully saturated rings. The van der Waals surface area contributed by atoms with Crippen molar-refractivity contribution < 1.29 is 6.48 Å². The van der Waals surface area contributed by atoms with Crippen molar-refractivity contribution in [2.75, 3.05) is 6.61 Å². The number of aliphatic hydroxyl groups excluding tert-OH is 1. The van der Waals surface area contributed by atoms with Gasteiger partial charge in [0, 0.05) is 13.9 Å². The molecule has 0 saturated heterocycles. The van der Waals surface area contributed by atoms with E-state index in [1.54, 1.807) is 6.92 Å². The summed E-state index contributed by atoms with van der Waals surface area (Å²) >= 11 is 0. The Balaban J connectivity index is 2.93. The summed E-state index contributed by atoms with van der Waals surface area (Å²) in [5, 5.41) is 8.86. The van der Waals surface area contributed by atoms with Crippen molar-refractivity contribution in [1.29, 1.82) is 0 Å². The number of aliphatic hydroxyl groups is 1. The predicted molar refractivity (Wildman–Crippen MR) is 41.9 cm³/mol. The van der Waals surface area contributed by atoms with Crippen molar-refractivity contribution in [1.82, 2.24) is 0 Å². The van der Waals surface area contributed by atoms with Gasteiger partial charge in [-0.05, 0) is 5.56 Å². The zero-order chi connectivity index (χ0) is 8.32. The largest absolute Gasteiger partial charge is 0.396 e. The molecule has 0 aliphatic carbocycles. The fraction of sp³-hybridized carbons (Fsp3) is 0.333. The SMILES string of the molecule is [2H][C@@](C)(CO)c1ccccc1. The van der Waals surface area contributed by atoms with Crippen LogP contribution >= 0.6 is 0 Å². The van der Waals surface area contributed by atoms with Gasteiger partial charge in [-0.3, -0.25) is 0 Å². The van der Waals surface area contributed by atoms with E-state index >= 15 is 0 Å². The third kappa shape index (κ3) is 1.58. The molecule has 0 aliphatic heterocycles. The number of benzene rings is 1. The highest BCUT2D eigenvalue weighted by Crippen LogP contribution is 2.12. The maximum Gasteiger partial charge on any atom is 0.0497 e. The van der Waals surface area contributed by atoms with Crippen molar-refractivity contribution in [2.45, 2.75) is 12.8 Å². The molecule has 0 saturated carbocycles. The van der Waals surface area contributed by atoms with E-state index in [1.807, 2.05) is 30.3 Å². The smallest absolute Gasteiger partial charge is 0.0497 e. The van der Waals surface area contributed by atoms with Gasteiger partial charge >= 0.3 is 0 Å². The Morgan fingerprint density at radius 3 is 2.60 bits per heavy atom. The number of hydrogen-bond donors (Lipinski definition) is 1. The van der Waals surface area contributed by atoms with Crippen LogP contribution in [0.2, 0.25) is 0 Å². The number of rotatable bonds is 2. The third-order valence-corrected chi connectivity index (χ3v) is 1.50. The van der Waals surface area contributed by atoms with E-state index in [1.165, 1.54) is 0 Å². The van der Waals surface area contributed by atoms with Crippen LogP contribution < -0.4 is 0 Å². The minimum atomic E-state index is -0.860. The molecule has 0 spiro atoms. The summed E-state index contributed by atoms with van der Waals surface area (Å²) in [6.07, 6.45) is 0. The van der Waals surface area contributed by atoms with E-state index in [9.17, 15) is 0 Å². The Bertz CT molecular complexity index is 218. The Kier molecular flexibility index (Phi) is 2.00. The molecule has 0 aliphatic rings. The van der Waals surface area contributed by atoms with Gasteiger partial charge < -0.3 is 5.11 Å². The van der Waals surface area contributed by atoms with Crippen LogP contribution in [0.3, 0.4) is 0 Å². The van der Waals surface area contributed by atoms with E-state index in [0.717, 1.165) is 5.56 Å². The quantitative estimate of drug-likeness (QED) is 0.658. The normalized spacial score (nSPS) is 17.6. The Morgan fingerprint density at radius 1 is 1.50 bits per heavy atom. The first kappa shape index (κ1) is 5.93. The maximum absolute atomic E-state index is 8.86. The highest BCUT2D eigenvalue weighted by molar-refractivity contribution is 5.18. The zero-order valence-corrected chi connectivity index (χ0v) is 6.04. The minimum Gasteiger partial charge on any atom is -0.396 e. The number of hydrogen-bond acceptors (Lipinski definition) is 1. The highest BCUT2D eigenvalue weighted by atomic mass is 16.3. The Morgan fingerprint density at radius 2 is 2.10 bits per heavy atom. The molecule has 0 unspecified atom stereocenters. The van der Waals surface area contributed by atoms with Crippen LogP contribution in [-0.2, 0) is 0 Å². The minimum absolute atomic E-state index is 0.142. The lowest BCUT2D eigenvalue weighted by molar-refractivity contribution is 0.273. The standard InChI is InChI=1S/C9H12O/c1-8(7-10)9-5-3-2-4-6-9/h2-6,8,10H,7H2,1H3/t8-/m1/s1/i8D. The van der Waals surface area contributed by atoms with E-state index < -0.39 is 5.89 Å². The first-order chi connectivity index (χ1) is 5.17. The van der Waals surface area contributed by atoms with E-state index in [0.29, 0.717) is 0 Å². The van der Waals surface area contributed by atoms with Gasteiger partial charge in [0.05, 0.1) is 0 Å². The molecule has 0 heterocycles. The first-order valence-corrected chi connectivity index (χ1v) is 3.33. The van der Waals surface area contributed by atoms with Crippen molar-refractivity contribution in [3.05, 3.63) is 35.9 Å². The van der Waals surface area contributed by atoms with Gasteiger partial charge in [0.15, 0.2) is 0 Å². The van der Waals surface area contributed by atoms with Crippen LogP contribution in [0, 0.1) is 0 Å². The summed E-state index contributed by atoms with van der Waals surface area (Å²) in [5.41, 5.74) is 0.850. The average molecular weight is 137 g/mol. The van der Waals surface area contributed by atoms with E-state index in [4.69, 9.17) is 6.48 Å². The van der Waals surface area contributed by atoms with Gasteiger partial charge in [0.2, 0.25) is 0 Å². The first-order valence-electron chi connectivity index (χ1n) is 3.83. The molecule has 0 radical (unpaired) electrons. The van der Waals surface area contributed by atoms with Crippen molar-refractivity contribution in [3.8, 4) is 0 Å². The molecule has 0 aromatic heterocycles. The summed E-state index contributed by atoms with van der Waals surface area (Å²) in [4.78, 5) is 0. The van der Waals surface area contributed by atoms with E-state index in [-0.39, 0.29) is 6.61 Å². The lowest BCUT2D eigenvalue weighted by Crippen LogP contribution is -1.97. The highest BCUT2D eigenvalue weighted by Gasteiger charge is 2.00. The molecular weight excluding hydrogens is 124 g/mol. The second kappa shape index (κ2) is 3.37. The summed E-state index contributed by atoms with van der Waals surface area (Å²) < 4.78 is 7.67. The van der Waals surface area contributed by atoms with Crippen LogP contribution in [-0.4, -0.2) is 11.7 Å². The lowest BCUT2D eigenvalue weighted by atomic mass is 10.0. The molecule has 1 aromatic rings. The van der Waals surface area contributed by atoms with Gasteiger partial charge in [0.1, 0.15) is 0 Å². The van der Waals surface area contributed by atoms with Gasteiger partial charge in [0.25, 0.3) is 0 Å². The summed E-state index contributed by atoms with van der Waals surface area (Å²) in [6.45, 7) is 1.55. The molecular formula is C9H12O. The molecule has 1 nitrogen and oxygen atoms in total. The second-order valence-electron chi connectivity index (χ2n) is 2.30. The van der Waals surface area contributed by atoms with Gasteiger partial charge in [-0.15, -0.1) is 0 Å². The van der Waals surface area contributed by atoms with Crippen LogP contribution in [0.5, 0.6) is 0 Å². The fourth-order valence-electron chi connectivity index (χ4n) is 0.814. The van der Waals surface area contributed by atoms with Crippen molar-refractivity contribution in [2.24, 2.45) is 0 Å². The predicted octanol–water partition coefficient (Wildman–Crippen LogP) is 1.78. The van der Waals surface area contributed by atoms with Crippen LogP contribution in [0.1, 0.15) is 19.8 Å². The molecule has 1 rings (SSSR count). The summed E-state index contributed by atoms with van der Waals surface area (Å²) in [5.74, 6) is -0.860. The van der Waals surface area contributed by atoms with Gasteiger partial charge in [-0.1, -0.05) is 37.3 Å². The third-order valence-electron chi connectivity index (χ3n) is 1.50. The lowest BCUT2D eigenvalue weighted by Gasteiger charge is -2.05. The van der Waals surface area contributed by atoms with Crippen LogP contribution in [0.25, 0.3) is 0 Å². The van der Waals surface area contributed by atoms with Gasteiger partial charge in [-0.25, -0.2) is 0 Å². The fourth-order valence-corrected chi connectivity index (χ4v) is 0.814. The van der Waals surface area contributed by atoms with Crippen LogP contribution in [0.4, 0.5) is 0 Å². The molecule has 1 aromatic carbocycles. The Hall–Kier alpha value is -0.820. The Labute approximate surface area is 62.7 Å². The molecule has 1 atom stereocenters. The zero-order valence-electron chi connectivity index (χ0n) is 7.04. The van der Waals surface area contributed by atoms with Crippen LogP contribution in [0.15, 0.2) is 30.3 Å². The average Bonchev–Trinajstić information content (AvgIpc) is 2.06. The molecule has 54 valence electrons. The summed E-state index contributed by atoms with van der Waals surface area (Å²) in [6, 6.07) is 9.35. The topological polar surface area (TPSA) is 20.2 Å². The van der Waals surface area contributed by atoms with Gasteiger partial charge in [-0.2, -0.15) is 0 Å². The maximum atomic E-state index is 8.86. The van der Waals surface area contributed by atoms with E-state index in [2.05, 4.69) is 0 Å². The molecule has 0 bridgehead atoms. The summed E-state index contributed by atoms with van der Waals surface area (Å²) in [7, 11) is 0. The van der Waals surface area contributed by atoms with Crippen molar-refractivity contribution in [3.63, 3.8) is 0 Å². The molecule has 1 heteroatoms. The molecule has 10 heavy (non-hydrogen) atoms. The molecule has 0 amide bonds. The monoisotopic (exact) mass is 137 g/mol. The van der Waals surface area contributed by atoms with Crippen molar-refractivity contribution >= 4 is 0 Å². The second-order valence-corrected chi connectivity index (χ2v) is 2.30.